The summed E-state index contributed by atoms with van der Waals surface area (Å²) in [6.07, 6.45) is 3.02. The molecule has 2 atom stereocenters. The van der Waals surface area contributed by atoms with Gasteiger partial charge in [-0.2, -0.15) is 0 Å². The fraction of sp³-hybridized carbons (Fsp3) is 0.625. The lowest BCUT2D eigenvalue weighted by Gasteiger charge is -2.27. The van der Waals surface area contributed by atoms with Crippen molar-refractivity contribution < 1.29 is 5.11 Å². The molecule has 1 aliphatic heterocycles. The van der Waals surface area contributed by atoms with Gasteiger partial charge in [-0.3, -0.25) is 0 Å². The Morgan fingerprint density at radius 3 is 2.28 bits per heavy atom. The minimum atomic E-state index is -0.293. The predicted molar refractivity (Wildman–Crippen MR) is 75.7 cm³/mol. The number of aliphatic hydroxyl groups excluding tert-OH is 1. The maximum absolute atomic E-state index is 10.4. The van der Waals surface area contributed by atoms with E-state index in [4.69, 9.17) is 0 Å². The lowest BCUT2D eigenvalue weighted by atomic mass is 9.87. The van der Waals surface area contributed by atoms with Crippen molar-refractivity contribution in [2.24, 2.45) is 5.92 Å². The molecule has 0 saturated carbocycles. The Labute approximate surface area is 110 Å². The third kappa shape index (κ3) is 3.12. The fourth-order valence-electron chi connectivity index (χ4n) is 2.69. The molecule has 2 rings (SSSR count). The van der Waals surface area contributed by atoms with Gasteiger partial charge in [0.1, 0.15) is 0 Å². The molecule has 2 heteroatoms. The number of aliphatic hydroxyl groups is 1. The van der Waals surface area contributed by atoms with Crippen molar-refractivity contribution >= 4 is 0 Å². The van der Waals surface area contributed by atoms with Gasteiger partial charge in [0.2, 0.25) is 0 Å². The molecule has 100 valence electrons. The smallest absolute Gasteiger partial charge is 0.0819 e. The molecule has 18 heavy (non-hydrogen) atoms. The lowest BCUT2D eigenvalue weighted by Crippen LogP contribution is -2.30. The lowest BCUT2D eigenvalue weighted by molar-refractivity contribution is 0.0889. The van der Waals surface area contributed by atoms with E-state index >= 15 is 0 Å². The Hall–Kier alpha value is -0.860. The van der Waals surface area contributed by atoms with Crippen LogP contribution in [0.4, 0.5) is 0 Å². The van der Waals surface area contributed by atoms with Gasteiger partial charge >= 0.3 is 0 Å². The van der Waals surface area contributed by atoms with Gasteiger partial charge in [0.15, 0.2) is 0 Å². The Morgan fingerprint density at radius 2 is 1.72 bits per heavy atom. The Morgan fingerprint density at radius 1 is 1.17 bits per heavy atom. The first kappa shape index (κ1) is 13.6. The average Bonchev–Trinajstić information content (AvgIpc) is 2.47. The van der Waals surface area contributed by atoms with Crippen molar-refractivity contribution in [3.05, 3.63) is 35.4 Å². The van der Waals surface area contributed by atoms with Crippen LogP contribution >= 0.6 is 0 Å². The first-order valence-electron chi connectivity index (χ1n) is 7.21. The van der Waals surface area contributed by atoms with Crippen LogP contribution in [0.25, 0.3) is 0 Å². The van der Waals surface area contributed by atoms with Gasteiger partial charge in [-0.15, -0.1) is 0 Å². The molecular weight excluding hydrogens is 222 g/mol. The molecule has 1 aromatic carbocycles. The van der Waals surface area contributed by atoms with Gasteiger partial charge in [-0.25, -0.2) is 0 Å². The summed E-state index contributed by atoms with van der Waals surface area (Å²) in [4.78, 5) is 0. The summed E-state index contributed by atoms with van der Waals surface area (Å²) in [6.45, 7) is 6.53. The van der Waals surface area contributed by atoms with E-state index in [1.165, 1.54) is 5.56 Å². The molecule has 1 aliphatic rings. The van der Waals surface area contributed by atoms with E-state index in [9.17, 15) is 5.11 Å². The summed E-state index contributed by atoms with van der Waals surface area (Å²) < 4.78 is 0. The van der Waals surface area contributed by atoms with Crippen molar-refractivity contribution in [3.8, 4) is 0 Å². The van der Waals surface area contributed by atoms with Crippen molar-refractivity contribution in [2.75, 3.05) is 13.1 Å². The highest BCUT2D eigenvalue weighted by Gasteiger charge is 2.22. The van der Waals surface area contributed by atoms with Gasteiger partial charge in [-0.1, -0.05) is 38.1 Å². The van der Waals surface area contributed by atoms with Crippen LogP contribution in [-0.4, -0.2) is 18.2 Å². The number of hydrogen-bond donors (Lipinski definition) is 2. The molecule has 2 unspecified atom stereocenters. The Kier molecular flexibility index (Phi) is 4.79. The molecular formula is C16H25NO. The quantitative estimate of drug-likeness (QED) is 0.856. The first-order valence-corrected chi connectivity index (χ1v) is 7.21. The van der Waals surface area contributed by atoms with E-state index in [1.54, 1.807) is 0 Å². The highest BCUT2D eigenvalue weighted by atomic mass is 16.3. The van der Waals surface area contributed by atoms with E-state index in [-0.39, 0.29) is 6.10 Å². The van der Waals surface area contributed by atoms with Gasteiger partial charge in [0.05, 0.1) is 6.10 Å². The fourth-order valence-corrected chi connectivity index (χ4v) is 2.69. The van der Waals surface area contributed by atoms with E-state index in [0.717, 1.165) is 37.9 Å². The first-order chi connectivity index (χ1) is 8.72. The second-order valence-corrected chi connectivity index (χ2v) is 5.51. The van der Waals surface area contributed by atoms with Crippen LogP contribution in [0.1, 0.15) is 56.3 Å². The van der Waals surface area contributed by atoms with Crippen molar-refractivity contribution in [1.82, 2.24) is 5.32 Å². The third-order valence-corrected chi connectivity index (χ3v) is 4.29. The van der Waals surface area contributed by atoms with Crippen molar-refractivity contribution in [2.45, 2.75) is 45.1 Å². The summed E-state index contributed by atoms with van der Waals surface area (Å²) in [6, 6.07) is 8.56. The molecule has 0 aromatic heterocycles. The predicted octanol–water partition coefficient (Wildman–Crippen LogP) is 3.23. The maximum Gasteiger partial charge on any atom is 0.0819 e. The van der Waals surface area contributed by atoms with Crippen LogP contribution in [0.5, 0.6) is 0 Å². The standard InChI is InChI=1S/C16H25NO/c1-3-12(2)13-4-6-14(7-5-13)16(18)15-8-10-17-11-9-15/h4-7,12,15-18H,3,8-11H2,1-2H3. The molecule has 1 saturated heterocycles. The summed E-state index contributed by atoms with van der Waals surface area (Å²) in [5.41, 5.74) is 2.45. The molecule has 0 amide bonds. The van der Waals surface area contributed by atoms with Gasteiger partial charge < -0.3 is 10.4 Å². The molecule has 2 nitrogen and oxygen atoms in total. The van der Waals surface area contributed by atoms with E-state index in [1.807, 2.05) is 0 Å². The Bertz CT molecular complexity index is 354. The van der Waals surface area contributed by atoms with E-state index in [0.29, 0.717) is 11.8 Å². The number of benzene rings is 1. The molecule has 0 bridgehead atoms. The monoisotopic (exact) mass is 247 g/mol. The van der Waals surface area contributed by atoms with Crippen LogP contribution in [0, 0.1) is 5.92 Å². The number of nitrogens with one attached hydrogen (secondary N) is 1. The van der Waals surface area contributed by atoms with Crippen molar-refractivity contribution in [3.63, 3.8) is 0 Å². The zero-order valence-corrected chi connectivity index (χ0v) is 11.5. The second-order valence-electron chi connectivity index (χ2n) is 5.51. The van der Waals surface area contributed by atoms with Crippen LogP contribution in [-0.2, 0) is 0 Å². The van der Waals surface area contributed by atoms with Gasteiger partial charge in [0, 0.05) is 0 Å². The molecule has 0 radical (unpaired) electrons. The summed E-state index contributed by atoms with van der Waals surface area (Å²) in [5, 5.41) is 13.7. The average molecular weight is 247 g/mol. The molecule has 0 aliphatic carbocycles. The molecule has 2 N–H and O–H groups in total. The Balaban J connectivity index is 2.03. The molecule has 1 fully saturated rings. The SMILES string of the molecule is CCC(C)c1ccc(C(O)C2CCNCC2)cc1. The second kappa shape index (κ2) is 6.35. The topological polar surface area (TPSA) is 32.3 Å². The minimum absolute atomic E-state index is 0.293. The minimum Gasteiger partial charge on any atom is -0.388 e. The van der Waals surface area contributed by atoms with Crippen LogP contribution < -0.4 is 5.32 Å². The number of hydrogen-bond acceptors (Lipinski definition) is 2. The van der Waals surface area contributed by atoms with Crippen LogP contribution in [0.3, 0.4) is 0 Å². The van der Waals surface area contributed by atoms with E-state index < -0.39 is 0 Å². The van der Waals surface area contributed by atoms with Gasteiger partial charge in [-0.05, 0) is 55.3 Å². The maximum atomic E-state index is 10.4. The third-order valence-electron chi connectivity index (χ3n) is 4.29. The largest absolute Gasteiger partial charge is 0.388 e. The van der Waals surface area contributed by atoms with Crippen molar-refractivity contribution in [1.29, 1.82) is 0 Å². The molecule has 1 aromatic rings. The highest BCUT2D eigenvalue weighted by Crippen LogP contribution is 2.29. The zero-order chi connectivity index (χ0) is 13.0. The molecule has 0 spiro atoms. The number of piperidine rings is 1. The summed E-state index contributed by atoms with van der Waals surface area (Å²) >= 11 is 0. The van der Waals surface area contributed by atoms with E-state index in [2.05, 4.69) is 43.4 Å². The van der Waals surface area contributed by atoms with Crippen LogP contribution in [0.2, 0.25) is 0 Å². The highest BCUT2D eigenvalue weighted by molar-refractivity contribution is 5.26. The van der Waals surface area contributed by atoms with Crippen LogP contribution in [0.15, 0.2) is 24.3 Å². The summed E-state index contributed by atoms with van der Waals surface area (Å²) in [5.74, 6) is 1.02. The van der Waals surface area contributed by atoms with Gasteiger partial charge in [0.25, 0.3) is 0 Å². The zero-order valence-electron chi connectivity index (χ0n) is 11.5. The normalized spacial score (nSPS) is 20.6. The number of rotatable bonds is 4. The summed E-state index contributed by atoms with van der Waals surface area (Å²) in [7, 11) is 0. The molecule has 1 heterocycles.